The van der Waals surface area contributed by atoms with Crippen LogP contribution in [0.4, 0.5) is 0 Å². The highest BCUT2D eigenvalue weighted by Crippen LogP contribution is 2.19. The van der Waals surface area contributed by atoms with Crippen molar-refractivity contribution >= 4 is 0 Å². The second-order valence-electron chi connectivity index (χ2n) is 5.20. The van der Waals surface area contributed by atoms with Crippen molar-refractivity contribution in [1.29, 1.82) is 0 Å². The average Bonchev–Trinajstić information content (AvgIpc) is 2.78. The van der Waals surface area contributed by atoms with Gasteiger partial charge in [0.1, 0.15) is 24.4 Å². The molecular weight excluding hydrogens is 260 g/mol. The van der Waals surface area contributed by atoms with E-state index in [2.05, 4.69) is 19.1 Å². The lowest BCUT2D eigenvalue weighted by Gasteiger charge is -2.24. The highest BCUT2D eigenvalue weighted by atomic mass is 16.6. The number of aliphatic hydroxyl groups is 3. The monoisotopic (exact) mass is 288 g/mol. The molecule has 20 heavy (non-hydrogen) atoms. The number of allylic oxidation sites excluding steroid dienone is 2. The van der Waals surface area contributed by atoms with Crippen LogP contribution in [0.3, 0.4) is 0 Å². The smallest absolute Gasteiger partial charge is 0.114 e. The molecule has 0 bridgehead atoms. The van der Waals surface area contributed by atoms with E-state index in [0.717, 1.165) is 25.7 Å². The fourth-order valence-corrected chi connectivity index (χ4v) is 2.21. The lowest BCUT2D eigenvalue weighted by Crippen LogP contribution is -2.42. The molecular formula is C15H28O5. The van der Waals surface area contributed by atoms with E-state index in [4.69, 9.17) is 9.47 Å². The SMILES string of the molecule is CCC/C=C/CCCCO[C@H](CO)[C@H]1OC[C@H](O)[C@H]1O. The van der Waals surface area contributed by atoms with E-state index in [1.54, 1.807) is 0 Å². The highest BCUT2D eigenvalue weighted by Gasteiger charge is 2.40. The van der Waals surface area contributed by atoms with Crippen molar-refractivity contribution < 1.29 is 24.8 Å². The summed E-state index contributed by atoms with van der Waals surface area (Å²) in [4.78, 5) is 0. The molecule has 0 unspecified atom stereocenters. The van der Waals surface area contributed by atoms with Crippen LogP contribution < -0.4 is 0 Å². The third-order valence-electron chi connectivity index (χ3n) is 3.46. The summed E-state index contributed by atoms with van der Waals surface area (Å²) < 4.78 is 10.8. The zero-order valence-corrected chi connectivity index (χ0v) is 12.3. The van der Waals surface area contributed by atoms with Crippen LogP contribution in [-0.4, -0.2) is 59.6 Å². The first-order valence-electron chi connectivity index (χ1n) is 7.55. The van der Waals surface area contributed by atoms with Crippen molar-refractivity contribution in [2.24, 2.45) is 0 Å². The maximum absolute atomic E-state index is 9.71. The Morgan fingerprint density at radius 1 is 1.25 bits per heavy atom. The summed E-state index contributed by atoms with van der Waals surface area (Å²) in [7, 11) is 0. The summed E-state index contributed by atoms with van der Waals surface area (Å²) in [5, 5.41) is 28.4. The van der Waals surface area contributed by atoms with Gasteiger partial charge in [-0.25, -0.2) is 0 Å². The number of unbranched alkanes of at least 4 members (excludes halogenated alkanes) is 3. The van der Waals surface area contributed by atoms with Gasteiger partial charge in [-0.2, -0.15) is 0 Å². The highest BCUT2D eigenvalue weighted by molar-refractivity contribution is 4.88. The Kier molecular flexibility index (Phi) is 9.05. The first-order valence-corrected chi connectivity index (χ1v) is 7.55. The minimum absolute atomic E-state index is 0.0912. The van der Waals surface area contributed by atoms with Crippen LogP contribution in [0, 0.1) is 0 Å². The van der Waals surface area contributed by atoms with Crippen molar-refractivity contribution in [3.05, 3.63) is 12.2 Å². The van der Waals surface area contributed by atoms with Gasteiger partial charge < -0.3 is 24.8 Å². The molecule has 1 saturated heterocycles. The maximum Gasteiger partial charge on any atom is 0.114 e. The van der Waals surface area contributed by atoms with Crippen molar-refractivity contribution in [1.82, 2.24) is 0 Å². The molecule has 0 saturated carbocycles. The van der Waals surface area contributed by atoms with Crippen LogP contribution in [0.1, 0.15) is 39.0 Å². The van der Waals surface area contributed by atoms with E-state index in [1.165, 1.54) is 6.42 Å². The Hall–Kier alpha value is -0.460. The van der Waals surface area contributed by atoms with Crippen LogP contribution in [0.2, 0.25) is 0 Å². The van der Waals surface area contributed by atoms with Gasteiger partial charge in [0.25, 0.3) is 0 Å². The van der Waals surface area contributed by atoms with Gasteiger partial charge in [-0.1, -0.05) is 25.5 Å². The Morgan fingerprint density at radius 3 is 2.60 bits per heavy atom. The van der Waals surface area contributed by atoms with Crippen molar-refractivity contribution in [3.63, 3.8) is 0 Å². The second kappa shape index (κ2) is 10.3. The van der Waals surface area contributed by atoms with Crippen LogP contribution in [0.5, 0.6) is 0 Å². The Balaban J connectivity index is 2.13. The number of hydrogen-bond acceptors (Lipinski definition) is 5. The van der Waals surface area contributed by atoms with Crippen molar-refractivity contribution in [2.45, 2.75) is 63.4 Å². The van der Waals surface area contributed by atoms with Gasteiger partial charge in [0.05, 0.1) is 13.2 Å². The summed E-state index contributed by atoms with van der Waals surface area (Å²) in [6.45, 7) is 2.55. The number of hydrogen-bond donors (Lipinski definition) is 3. The predicted molar refractivity (Wildman–Crippen MR) is 76.5 cm³/mol. The molecule has 0 radical (unpaired) electrons. The average molecular weight is 288 g/mol. The topological polar surface area (TPSA) is 79.2 Å². The van der Waals surface area contributed by atoms with Gasteiger partial charge in [-0.3, -0.25) is 0 Å². The van der Waals surface area contributed by atoms with Gasteiger partial charge in [-0.05, 0) is 25.7 Å². The molecule has 1 aliphatic rings. The Morgan fingerprint density at radius 2 is 2.00 bits per heavy atom. The molecule has 0 aromatic heterocycles. The number of ether oxygens (including phenoxy) is 2. The summed E-state index contributed by atoms with van der Waals surface area (Å²) in [6, 6.07) is 0. The molecule has 0 spiro atoms. The Labute approximate surface area is 121 Å². The molecule has 1 fully saturated rings. The first-order chi connectivity index (χ1) is 9.70. The van der Waals surface area contributed by atoms with E-state index in [-0.39, 0.29) is 13.2 Å². The molecule has 1 heterocycles. The molecule has 1 aliphatic heterocycles. The molecule has 0 aromatic carbocycles. The van der Waals surface area contributed by atoms with E-state index in [0.29, 0.717) is 6.61 Å². The second-order valence-corrected chi connectivity index (χ2v) is 5.20. The fraction of sp³-hybridized carbons (Fsp3) is 0.867. The number of rotatable bonds is 10. The standard InChI is InChI=1S/C15H28O5/c1-2-3-4-5-6-7-8-9-19-13(10-16)15-14(18)12(17)11-20-15/h4-5,12-18H,2-3,6-11H2,1H3/b5-4+/t12-,13+,14+,15+/m0/s1. The maximum atomic E-state index is 9.71. The van der Waals surface area contributed by atoms with Crippen LogP contribution in [-0.2, 0) is 9.47 Å². The summed E-state index contributed by atoms with van der Waals surface area (Å²) in [5.74, 6) is 0. The lowest BCUT2D eigenvalue weighted by atomic mass is 10.1. The molecule has 5 nitrogen and oxygen atoms in total. The van der Waals surface area contributed by atoms with E-state index in [9.17, 15) is 15.3 Å². The molecule has 1 rings (SSSR count). The predicted octanol–water partition coefficient (Wildman–Crippen LogP) is 1.01. The molecule has 5 heteroatoms. The normalized spacial score (nSPS) is 28.3. The Bertz CT molecular complexity index is 269. The minimum Gasteiger partial charge on any atom is -0.394 e. The minimum atomic E-state index is -0.982. The summed E-state index contributed by atoms with van der Waals surface area (Å²) >= 11 is 0. The third kappa shape index (κ3) is 5.89. The molecule has 118 valence electrons. The van der Waals surface area contributed by atoms with Gasteiger partial charge >= 0.3 is 0 Å². The molecule has 0 aliphatic carbocycles. The van der Waals surface area contributed by atoms with Crippen LogP contribution >= 0.6 is 0 Å². The van der Waals surface area contributed by atoms with Gasteiger partial charge in [0.2, 0.25) is 0 Å². The largest absolute Gasteiger partial charge is 0.394 e. The van der Waals surface area contributed by atoms with Crippen LogP contribution in [0.15, 0.2) is 12.2 Å². The van der Waals surface area contributed by atoms with Gasteiger partial charge in [0, 0.05) is 6.61 Å². The van der Waals surface area contributed by atoms with E-state index < -0.39 is 24.4 Å². The van der Waals surface area contributed by atoms with Crippen molar-refractivity contribution in [3.8, 4) is 0 Å². The summed E-state index contributed by atoms with van der Waals surface area (Å²) in [6.07, 6.45) is 6.58. The number of aliphatic hydroxyl groups excluding tert-OH is 3. The molecule has 3 N–H and O–H groups in total. The molecule has 4 atom stereocenters. The zero-order valence-electron chi connectivity index (χ0n) is 12.3. The third-order valence-corrected chi connectivity index (χ3v) is 3.46. The molecule has 0 amide bonds. The van der Waals surface area contributed by atoms with Crippen molar-refractivity contribution in [2.75, 3.05) is 19.8 Å². The van der Waals surface area contributed by atoms with Crippen LogP contribution in [0.25, 0.3) is 0 Å². The summed E-state index contributed by atoms with van der Waals surface area (Å²) in [5.41, 5.74) is 0. The van der Waals surface area contributed by atoms with E-state index >= 15 is 0 Å². The molecule has 0 aromatic rings. The van der Waals surface area contributed by atoms with E-state index in [1.807, 2.05) is 0 Å². The van der Waals surface area contributed by atoms with Gasteiger partial charge in [0.15, 0.2) is 0 Å². The fourth-order valence-electron chi connectivity index (χ4n) is 2.21. The first kappa shape index (κ1) is 17.6. The quantitative estimate of drug-likeness (QED) is 0.413. The lowest BCUT2D eigenvalue weighted by molar-refractivity contribution is -0.101. The van der Waals surface area contributed by atoms with Gasteiger partial charge in [-0.15, -0.1) is 0 Å². The zero-order chi connectivity index (χ0) is 14.8.